The Labute approximate surface area is 112 Å². The number of hydrogen-bond donors (Lipinski definition) is 2. The van der Waals surface area contributed by atoms with E-state index in [2.05, 4.69) is 10.3 Å². The summed E-state index contributed by atoms with van der Waals surface area (Å²) in [5, 5.41) is 3.17. The maximum atomic E-state index is 5.98. The number of pyridine rings is 1. The summed E-state index contributed by atoms with van der Waals surface area (Å²) in [6.07, 6.45) is 1.71. The second-order valence-corrected chi connectivity index (χ2v) is 4.12. The van der Waals surface area contributed by atoms with Crippen LogP contribution >= 0.6 is 0 Å². The van der Waals surface area contributed by atoms with Gasteiger partial charge in [0.05, 0.1) is 19.9 Å². The number of nitrogens with two attached hydrogens (primary N) is 1. The summed E-state index contributed by atoms with van der Waals surface area (Å²) in [7, 11) is 3.22. The van der Waals surface area contributed by atoms with Crippen LogP contribution in [0, 0.1) is 6.92 Å². The fourth-order valence-electron chi connectivity index (χ4n) is 1.69. The summed E-state index contributed by atoms with van der Waals surface area (Å²) in [4.78, 5) is 4.23. The van der Waals surface area contributed by atoms with Gasteiger partial charge in [-0.05, 0) is 18.6 Å². The molecule has 5 nitrogen and oxygen atoms in total. The molecule has 1 aromatic heterocycles. The molecule has 2 rings (SSSR count). The molecule has 100 valence electrons. The minimum absolute atomic E-state index is 0.621. The number of hydrogen-bond acceptors (Lipinski definition) is 5. The molecule has 19 heavy (non-hydrogen) atoms. The Bertz CT molecular complexity index is 563. The smallest absolute Gasteiger partial charge is 0.153 e. The molecule has 2 aromatic rings. The molecule has 1 aromatic carbocycles. The van der Waals surface area contributed by atoms with Gasteiger partial charge >= 0.3 is 0 Å². The van der Waals surface area contributed by atoms with Crippen molar-refractivity contribution in [1.82, 2.24) is 4.98 Å². The third-order valence-electron chi connectivity index (χ3n) is 2.82. The van der Waals surface area contributed by atoms with E-state index >= 15 is 0 Å². The molecule has 3 N–H and O–H groups in total. The molecule has 0 saturated heterocycles. The van der Waals surface area contributed by atoms with Crippen molar-refractivity contribution in [1.29, 1.82) is 0 Å². The van der Waals surface area contributed by atoms with Crippen LogP contribution in [0.2, 0.25) is 0 Å². The lowest BCUT2D eigenvalue weighted by Gasteiger charge is -2.12. The minimum atomic E-state index is 0.621. The third-order valence-corrected chi connectivity index (χ3v) is 2.82. The normalized spacial score (nSPS) is 10.1. The number of aromatic nitrogens is 1. The molecule has 1 heterocycles. The average molecular weight is 259 g/mol. The van der Waals surface area contributed by atoms with E-state index in [1.165, 1.54) is 0 Å². The number of ether oxygens (including phenoxy) is 2. The SMILES string of the molecule is COc1cc(Nc2nccc(C)c2N)cc(OC)c1. The molecule has 0 radical (unpaired) electrons. The summed E-state index contributed by atoms with van der Waals surface area (Å²) in [5.41, 5.74) is 8.40. The summed E-state index contributed by atoms with van der Waals surface area (Å²) in [5.74, 6) is 2.02. The molecular weight excluding hydrogens is 242 g/mol. The second kappa shape index (κ2) is 5.48. The quantitative estimate of drug-likeness (QED) is 0.883. The average Bonchev–Trinajstić information content (AvgIpc) is 2.43. The first kappa shape index (κ1) is 13.0. The second-order valence-electron chi connectivity index (χ2n) is 4.12. The number of methoxy groups -OCH3 is 2. The highest BCUT2D eigenvalue weighted by atomic mass is 16.5. The van der Waals surface area contributed by atoms with E-state index in [-0.39, 0.29) is 0 Å². The maximum Gasteiger partial charge on any atom is 0.153 e. The van der Waals surface area contributed by atoms with Crippen molar-refractivity contribution in [3.05, 3.63) is 36.0 Å². The van der Waals surface area contributed by atoms with Crippen LogP contribution in [0.5, 0.6) is 11.5 Å². The summed E-state index contributed by atoms with van der Waals surface area (Å²) in [6.45, 7) is 1.94. The first-order chi connectivity index (χ1) is 9.13. The monoisotopic (exact) mass is 259 g/mol. The molecule has 0 aliphatic heterocycles. The van der Waals surface area contributed by atoms with Crippen molar-refractivity contribution in [3.63, 3.8) is 0 Å². The van der Waals surface area contributed by atoms with Gasteiger partial charge in [0.1, 0.15) is 11.5 Å². The number of benzene rings is 1. The Hall–Kier alpha value is -2.43. The molecule has 0 bridgehead atoms. The Morgan fingerprint density at radius 2 is 1.74 bits per heavy atom. The Morgan fingerprint density at radius 1 is 1.11 bits per heavy atom. The zero-order chi connectivity index (χ0) is 13.8. The Kier molecular flexibility index (Phi) is 3.75. The first-order valence-electron chi connectivity index (χ1n) is 5.85. The maximum absolute atomic E-state index is 5.98. The predicted octanol–water partition coefficient (Wildman–Crippen LogP) is 2.73. The number of aryl methyl sites for hydroxylation is 1. The van der Waals surface area contributed by atoms with Crippen molar-refractivity contribution >= 4 is 17.2 Å². The van der Waals surface area contributed by atoms with Gasteiger partial charge in [-0.25, -0.2) is 4.98 Å². The zero-order valence-corrected chi connectivity index (χ0v) is 11.2. The van der Waals surface area contributed by atoms with Gasteiger partial charge in [0.2, 0.25) is 0 Å². The highest BCUT2D eigenvalue weighted by Gasteiger charge is 2.06. The lowest BCUT2D eigenvalue weighted by atomic mass is 10.2. The van der Waals surface area contributed by atoms with Gasteiger partial charge in [0, 0.05) is 30.1 Å². The number of rotatable bonds is 4. The van der Waals surface area contributed by atoms with Crippen LogP contribution in [-0.2, 0) is 0 Å². The van der Waals surface area contributed by atoms with E-state index in [0.29, 0.717) is 23.0 Å². The van der Waals surface area contributed by atoms with Crippen LogP contribution in [0.15, 0.2) is 30.5 Å². The Morgan fingerprint density at radius 3 is 2.32 bits per heavy atom. The third kappa shape index (κ3) is 2.88. The fraction of sp³-hybridized carbons (Fsp3) is 0.214. The highest BCUT2D eigenvalue weighted by Crippen LogP contribution is 2.29. The molecule has 0 atom stereocenters. The van der Waals surface area contributed by atoms with Gasteiger partial charge in [-0.2, -0.15) is 0 Å². The van der Waals surface area contributed by atoms with Gasteiger partial charge in [-0.1, -0.05) is 0 Å². The summed E-state index contributed by atoms with van der Waals surface area (Å²) >= 11 is 0. The predicted molar refractivity (Wildman–Crippen MR) is 76.2 cm³/mol. The van der Waals surface area contributed by atoms with Gasteiger partial charge in [0.25, 0.3) is 0 Å². The molecule has 0 aliphatic rings. The van der Waals surface area contributed by atoms with Crippen molar-refractivity contribution in [2.45, 2.75) is 6.92 Å². The fourth-order valence-corrected chi connectivity index (χ4v) is 1.69. The van der Waals surface area contributed by atoms with Crippen molar-refractivity contribution in [3.8, 4) is 11.5 Å². The molecule has 0 spiro atoms. The minimum Gasteiger partial charge on any atom is -0.497 e. The standard InChI is InChI=1S/C14H17N3O2/c1-9-4-5-16-14(13(9)15)17-10-6-11(18-2)8-12(7-10)19-3/h4-8H,15H2,1-3H3,(H,16,17). The van der Waals surface area contributed by atoms with E-state index in [1.54, 1.807) is 26.5 Å². The molecule has 0 amide bonds. The first-order valence-corrected chi connectivity index (χ1v) is 5.85. The van der Waals surface area contributed by atoms with Crippen LogP contribution in [0.3, 0.4) is 0 Å². The molecule has 0 fully saturated rings. The van der Waals surface area contributed by atoms with Crippen LogP contribution in [0.1, 0.15) is 5.56 Å². The lowest BCUT2D eigenvalue weighted by Crippen LogP contribution is -2.01. The molecule has 0 saturated carbocycles. The topological polar surface area (TPSA) is 69.4 Å². The number of nitrogens with one attached hydrogen (secondary N) is 1. The molecule has 0 aliphatic carbocycles. The van der Waals surface area contributed by atoms with Crippen LogP contribution in [-0.4, -0.2) is 19.2 Å². The van der Waals surface area contributed by atoms with Crippen LogP contribution in [0.4, 0.5) is 17.2 Å². The van der Waals surface area contributed by atoms with Gasteiger partial charge < -0.3 is 20.5 Å². The van der Waals surface area contributed by atoms with Gasteiger partial charge in [0.15, 0.2) is 5.82 Å². The number of nitrogen functional groups attached to an aromatic ring is 1. The van der Waals surface area contributed by atoms with Crippen LogP contribution in [0.25, 0.3) is 0 Å². The van der Waals surface area contributed by atoms with E-state index < -0.39 is 0 Å². The summed E-state index contributed by atoms with van der Waals surface area (Å²) < 4.78 is 10.4. The Balaban J connectivity index is 2.34. The van der Waals surface area contributed by atoms with Crippen molar-refractivity contribution < 1.29 is 9.47 Å². The van der Waals surface area contributed by atoms with Gasteiger partial charge in [-0.15, -0.1) is 0 Å². The van der Waals surface area contributed by atoms with Crippen LogP contribution < -0.4 is 20.5 Å². The highest BCUT2D eigenvalue weighted by molar-refractivity contribution is 5.72. The van der Waals surface area contributed by atoms with E-state index in [9.17, 15) is 0 Å². The number of nitrogens with zero attached hydrogens (tertiary/aromatic N) is 1. The largest absolute Gasteiger partial charge is 0.497 e. The van der Waals surface area contributed by atoms with E-state index in [0.717, 1.165) is 11.3 Å². The molecule has 5 heteroatoms. The number of anilines is 3. The molecular formula is C14H17N3O2. The van der Waals surface area contributed by atoms with E-state index in [1.807, 2.05) is 25.1 Å². The van der Waals surface area contributed by atoms with Gasteiger partial charge in [-0.3, -0.25) is 0 Å². The van der Waals surface area contributed by atoms with E-state index in [4.69, 9.17) is 15.2 Å². The summed E-state index contributed by atoms with van der Waals surface area (Å²) in [6, 6.07) is 7.38. The lowest BCUT2D eigenvalue weighted by molar-refractivity contribution is 0.395. The van der Waals surface area contributed by atoms with Crippen molar-refractivity contribution in [2.75, 3.05) is 25.3 Å². The zero-order valence-electron chi connectivity index (χ0n) is 11.2. The molecule has 0 unspecified atom stereocenters. The van der Waals surface area contributed by atoms with Crippen molar-refractivity contribution in [2.24, 2.45) is 0 Å².